The molecule has 0 aliphatic carbocycles. The van der Waals surface area contributed by atoms with Crippen LogP contribution in [0.3, 0.4) is 0 Å². The van der Waals surface area contributed by atoms with Crippen LogP contribution >= 0.6 is 0 Å². The van der Waals surface area contributed by atoms with Crippen molar-refractivity contribution in [2.75, 3.05) is 19.7 Å². The summed E-state index contributed by atoms with van der Waals surface area (Å²) in [6.45, 7) is 3.33. The Labute approximate surface area is 183 Å². The van der Waals surface area contributed by atoms with Crippen LogP contribution in [0.4, 0.5) is 0 Å². The van der Waals surface area contributed by atoms with E-state index in [1.165, 1.54) is 0 Å². The van der Waals surface area contributed by atoms with Crippen molar-refractivity contribution in [3.8, 4) is 5.75 Å². The number of nitrogens with zero attached hydrogens (tertiary/aromatic N) is 1. The third kappa shape index (κ3) is 4.88. The number of ether oxygens (including phenoxy) is 1. The number of fused-ring (bicyclic) bond motifs is 1. The predicted octanol–water partition coefficient (Wildman–Crippen LogP) is 4.20. The van der Waals surface area contributed by atoms with Gasteiger partial charge in [0, 0.05) is 24.7 Å². The third-order valence-corrected chi connectivity index (χ3v) is 5.88. The summed E-state index contributed by atoms with van der Waals surface area (Å²) in [7, 11) is 0. The van der Waals surface area contributed by atoms with Gasteiger partial charge in [0.2, 0.25) is 0 Å². The highest BCUT2D eigenvalue weighted by Crippen LogP contribution is 2.22. The van der Waals surface area contributed by atoms with Crippen LogP contribution in [-0.4, -0.2) is 42.5 Å². The smallest absolute Gasteiger partial charge is 0.258 e. The highest BCUT2D eigenvalue weighted by molar-refractivity contribution is 6.07. The summed E-state index contributed by atoms with van der Waals surface area (Å²) >= 11 is 0. The van der Waals surface area contributed by atoms with Gasteiger partial charge in [0.15, 0.2) is 6.61 Å². The Bertz CT molecular complexity index is 1070. The van der Waals surface area contributed by atoms with Crippen LogP contribution in [0.5, 0.6) is 5.75 Å². The second-order valence-electron chi connectivity index (χ2n) is 7.91. The van der Waals surface area contributed by atoms with E-state index in [9.17, 15) is 9.59 Å². The molecule has 0 atom stereocenters. The molecule has 5 heteroatoms. The summed E-state index contributed by atoms with van der Waals surface area (Å²) < 4.78 is 5.71. The summed E-state index contributed by atoms with van der Waals surface area (Å²) in [5.41, 5.74) is 1.83. The maximum atomic E-state index is 13.1. The zero-order valence-electron chi connectivity index (χ0n) is 17.8. The van der Waals surface area contributed by atoms with E-state index in [4.69, 9.17) is 4.74 Å². The molecular formula is C26H28N2O3. The van der Waals surface area contributed by atoms with E-state index in [0.717, 1.165) is 46.9 Å². The number of benzene rings is 3. The van der Waals surface area contributed by atoms with Crippen LogP contribution in [0.1, 0.15) is 35.7 Å². The first-order valence-corrected chi connectivity index (χ1v) is 10.9. The summed E-state index contributed by atoms with van der Waals surface area (Å²) in [6, 6.07) is 21.7. The standard InChI is InChI=1S/C26H28N2O3/c1-2-19-8-4-6-13-24(19)31-18-25(29)27-21-14-16-28(17-15-21)26(30)23-12-7-10-20-9-3-5-11-22(20)23/h3-13,21H,2,14-18H2,1H3,(H,27,29). The fraction of sp³-hybridized carbons (Fsp3) is 0.308. The maximum absolute atomic E-state index is 13.1. The molecule has 1 fully saturated rings. The van der Waals surface area contributed by atoms with Gasteiger partial charge in [-0.05, 0) is 47.7 Å². The van der Waals surface area contributed by atoms with Crippen molar-refractivity contribution < 1.29 is 14.3 Å². The van der Waals surface area contributed by atoms with Gasteiger partial charge in [-0.1, -0.05) is 61.5 Å². The number of nitrogens with one attached hydrogen (secondary N) is 1. The molecule has 5 nitrogen and oxygen atoms in total. The van der Waals surface area contributed by atoms with Crippen molar-refractivity contribution in [3.63, 3.8) is 0 Å². The fourth-order valence-corrected chi connectivity index (χ4v) is 4.16. The molecule has 1 aliphatic heterocycles. The van der Waals surface area contributed by atoms with Crippen LogP contribution in [-0.2, 0) is 11.2 Å². The van der Waals surface area contributed by atoms with Crippen molar-refractivity contribution in [3.05, 3.63) is 77.9 Å². The van der Waals surface area contributed by atoms with E-state index in [0.29, 0.717) is 13.1 Å². The summed E-state index contributed by atoms with van der Waals surface area (Å²) in [6.07, 6.45) is 2.35. The van der Waals surface area contributed by atoms with E-state index in [-0.39, 0.29) is 24.5 Å². The van der Waals surface area contributed by atoms with Gasteiger partial charge in [-0.3, -0.25) is 9.59 Å². The van der Waals surface area contributed by atoms with Crippen LogP contribution in [0.15, 0.2) is 66.7 Å². The molecule has 0 radical (unpaired) electrons. The molecule has 4 rings (SSSR count). The molecular weight excluding hydrogens is 388 g/mol. The quantitative estimate of drug-likeness (QED) is 0.655. The van der Waals surface area contributed by atoms with Crippen molar-refractivity contribution in [1.29, 1.82) is 0 Å². The average Bonchev–Trinajstić information content (AvgIpc) is 2.82. The predicted molar refractivity (Wildman–Crippen MR) is 122 cm³/mol. The normalized spacial score (nSPS) is 14.4. The van der Waals surface area contributed by atoms with E-state index in [1.54, 1.807) is 0 Å². The summed E-state index contributed by atoms with van der Waals surface area (Å²) in [5.74, 6) is 0.696. The Morgan fingerprint density at radius 3 is 2.48 bits per heavy atom. The zero-order valence-corrected chi connectivity index (χ0v) is 17.8. The van der Waals surface area contributed by atoms with Crippen molar-refractivity contribution in [2.45, 2.75) is 32.2 Å². The van der Waals surface area contributed by atoms with Crippen LogP contribution in [0, 0.1) is 0 Å². The van der Waals surface area contributed by atoms with Gasteiger partial charge in [0.05, 0.1) is 0 Å². The van der Waals surface area contributed by atoms with Crippen LogP contribution in [0.25, 0.3) is 10.8 Å². The molecule has 0 saturated carbocycles. The Balaban J connectivity index is 1.29. The van der Waals surface area contributed by atoms with Crippen molar-refractivity contribution >= 4 is 22.6 Å². The molecule has 0 aromatic heterocycles. The van der Waals surface area contributed by atoms with Crippen LogP contribution < -0.4 is 10.1 Å². The lowest BCUT2D eigenvalue weighted by Gasteiger charge is -2.32. The van der Waals surface area contributed by atoms with Gasteiger partial charge in [0.25, 0.3) is 11.8 Å². The third-order valence-electron chi connectivity index (χ3n) is 5.88. The molecule has 1 saturated heterocycles. The lowest BCUT2D eigenvalue weighted by molar-refractivity contribution is -0.124. The molecule has 1 N–H and O–H groups in total. The van der Waals surface area contributed by atoms with Gasteiger partial charge in [-0.25, -0.2) is 0 Å². The Morgan fingerprint density at radius 2 is 1.68 bits per heavy atom. The van der Waals surface area contributed by atoms with E-state index >= 15 is 0 Å². The number of para-hydroxylation sites is 1. The second kappa shape index (κ2) is 9.65. The molecule has 1 heterocycles. The Morgan fingerprint density at radius 1 is 0.968 bits per heavy atom. The highest BCUT2D eigenvalue weighted by atomic mass is 16.5. The van der Waals surface area contributed by atoms with E-state index in [2.05, 4.69) is 12.2 Å². The number of carbonyl (C=O) groups excluding carboxylic acids is 2. The molecule has 160 valence electrons. The molecule has 0 bridgehead atoms. The zero-order chi connectivity index (χ0) is 21.6. The lowest BCUT2D eigenvalue weighted by atomic mass is 10.0. The minimum atomic E-state index is -0.121. The second-order valence-corrected chi connectivity index (χ2v) is 7.91. The average molecular weight is 417 g/mol. The molecule has 31 heavy (non-hydrogen) atoms. The first-order chi connectivity index (χ1) is 15.2. The van der Waals surface area contributed by atoms with Gasteiger partial charge in [0.1, 0.15) is 5.75 Å². The number of likely N-dealkylation sites (tertiary alicyclic amines) is 1. The molecule has 1 aliphatic rings. The number of amides is 2. The number of carbonyl (C=O) groups is 2. The van der Waals surface area contributed by atoms with Gasteiger partial charge in [-0.2, -0.15) is 0 Å². The van der Waals surface area contributed by atoms with Crippen molar-refractivity contribution in [1.82, 2.24) is 10.2 Å². The van der Waals surface area contributed by atoms with Gasteiger partial charge in [-0.15, -0.1) is 0 Å². The largest absolute Gasteiger partial charge is 0.483 e. The summed E-state index contributed by atoms with van der Waals surface area (Å²) in [5, 5.41) is 5.10. The number of hydrogen-bond donors (Lipinski definition) is 1. The van der Waals surface area contributed by atoms with Gasteiger partial charge >= 0.3 is 0 Å². The number of rotatable bonds is 6. The van der Waals surface area contributed by atoms with E-state index in [1.807, 2.05) is 71.6 Å². The molecule has 0 spiro atoms. The van der Waals surface area contributed by atoms with Crippen LogP contribution in [0.2, 0.25) is 0 Å². The molecule has 2 amide bonds. The molecule has 0 unspecified atom stereocenters. The number of hydrogen-bond acceptors (Lipinski definition) is 3. The Hall–Kier alpha value is -3.34. The SMILES string of the molecule is CCc1ccccc1OCC(=O)NC1CCN(C(=O)c2cccc3ccccc23)CC1. The minimum absolute atomic E-state index is 0.00611. The van der Waals surface area contributed by atoms with Gasteiger partial charge < -0.3 is 15.0 Å². The minimum Gasteiger partial charge on any atom is -0.483 e. The molecule has 3 aromatic carbocycles. The monoisotopic (exact) mass is 416 g/mol. The lowest BCUT2D eigenvalue weighted by Crippen LogP contribution is -2.47. The maximum Gasteiger partial charge on any atom is 0.258 e. The fourth-order valence-electron chi connectivity index (χ4n) is 4.16. The highest BCUT2D eigenvalue weighted by Gasteiger charge is 2.25. The van der Waals surface area contributed by atoms with Crippen molar-refractivity contribution in [2.24, 2.45) is 0 Å². The Kier molecular flexibility index (Phi) is 6.51. The first-order valence-electron chi connectivity index (χ1n) is 10.9. The topological polar surface area (TPSA) is 58.6 Å². The van der Waals surface area contributed by atoms with E-state index < -0.39 is 0 Å². The summed E-state index contributed by atoms with van der Waals surface area (Å²) in [4.78, 5) is 27.3. The number of piperidine rings is 1. The first kappa shape index (κ1) is 20.9. The number of aryl methyl sites for hydroxylation is 1. The molecule has 3 aromatic rings.